The number of ether oxygens (including phenoxy) is 1. The first-order chi connectivity index (χ1) is 12.2. The van der Waals surface area contributed by atoms with Crippen molar-refractivity contribution in [3.8, 4) is 0 Å². The first kappa shape index (κ1) is 19.1. The van der Waals surface area contributed by atoms with Crippen LogP contribution in [0.1, 0.15) is 38.4 Å². The first-order valence-corrected chi connectivity index (χ1v) is 7.90. The maximum atomic E-state index is 12.4. The van der Waals surface area contributed by atoms with E-state index < -0.39 is 16.8 Å². The van der Waals surface area contributed by atoms with Crippen LogP contribution in [-0.2, 0) is 9.53 Å². The molecule has 0 unspecified atom stereocenters. The Bertz CT molecular complexity index is 907. The van der Waals surface area contributed by atoms with Gasteiger partial charge in [0, 0.05) is 11.6 Å². The van der Waals surface area contributed by atoms with Gasteiger partial charge in [0.2, 0.25) is 5.78 Å². The number of ketones is 1. The lowest BCUT2D eigenvalue weighted by atomic mass is 9.92. The van der Waals surface area contributed by atoms with Crippen LogP contribution in [0.25, 0.3) is 6.08 Å². The summed E-state index contributed by atoms with van der Waals surface area (Å²) in [6.07, 6.45) is 2.29. The van der Waals surface area contributed by atoms with Gasteiger partial charge in [0.25, 0.3) is 0 Å². The number of hydrogen-bond donors (Lipinski definition) is 0. The van der Waals surface area contributed by atoms with Gasteiger partial charge in [0.05, 0.1) is 6.07 Å². The predicted molar refractivity (Wildman–Crippen MR) is 95.1 cm³/mol. The van der Waals surface area contributed by atoms with Gasteiger partial charge in [-0.05, 0) is 62.1 Å². The second-order valence-electron chi connectivity index (χ2n) is 5.93. The molecule has 0 bridgehead atoms. The highest BCUT2D eigenvalue weighted by Gasteiger charge is 2.17. The molecule has 0 aliphatic carbocycles. The standard InChI is InChI=1S/C19H19NO6/c1-11-9-12(2)19(14(4)13(11)3)16(21)10-25-18(22)8-6-15-5-7-17(26-15)20(23)24/h5-9H,10H2,1-4H3/b8-6+. The lowest BCUT2D eigenvalue weighted by Crippen LogP contribution is -2.16. The highest BCUT2D eigenvalue weighted by Crippen LogP contribution is 2.22. The lowest BCUT2D eigenvalue weighted by Gasteiger charge is -2.14. The molecule has 1 aromatic heterocycles. The largest absolute Gasteiger partial charge is 0.454 e. The van der Waals surface area contributed by atoms with E-state index in [0.29, 0.717) is 5.56 Å². The van der Waals surface area contributed by atoms with Gasteiger partial charge >= 0.3 is 11.9 Å². The van der Waals surface area contributed by atoms with Crippen LogP contribution < -0.4 is 0 Å². The topological polar surface area (TPSA) is 99.7 Å². The number of carbonyl (C=O) groups excluding carboxylic acids is 2. The average molecular weight is 357 g/mol. The van der Waals surface area contributed by atoms with E-state index in [0.717, 1.165) is 28.3 Å². The molecule has 136 valence electrons. The first-order valence-electron chi connectivity index (χ1n) is 7.90. The van der Waals surface area contributed by atoms with Crippen LogP contribution >= 0.6 is 0 Å². The second kappa shape index (κ2) is 7.77. The van der Waals surface area contributed by atoms with Gasteiger partial charge < -0.3 is 9.15 Å². The van der Waals surface area contributed by atoms with Gasteiger partial charge in [-0.15, -0.1) is 0 Å². The quantitative estimate of drug-likeness (QED) is 0.256. The molecule has 0 aliphatic heterocycles. The number of nitro groups is 1. The molecule has 0 fully saturated rings. The minimum absolute atomic E-state index is 0.140. The summed E-state index contributed by atoms with van der Waals surface area (Å²) in [7, 11) is 0. The molecule has 0 saturated carbocycles. The van der Waals surface area contributed by atoms with Crippen molar-refractivity contribution in [2.75, 3.05) is 6.61 Å². The average Bonchev–Trinajstić information content (AvgIpc) is 3.05. The summed E-state index contributed by atoms with van der Waals surface area (Å²) in [6, 6.07) is 4.47. The van der Waals surface area contributed by atoms with Crippen LogP contribution in [-0.4, -0.2) is 23.3 Å². The molecule has 0 radical (unpaired) electrons. The molecule has 1 heterocycles. The van der Waals surface area contributed by atoms with Crippen molar-refractivity contribution in [1.29, 1.82) is 0 Å². The van der Waals surface area contributed by atoms with Crippen LogP contribution in [0, 0.1) is 37.8 Å². The van der Waals surface area contributed by atoms with Gasteiger partial charge in [-0.25, -0.2) is 4.79 Å². The number of furan rings is 1. The molecule has 0 N–H and O–H groups in total. The van der Waals surface area contributed by atoms with Crippen molar-refractivity contribution in [1.82, 2.24) is 0 Å². The number of carbonyl (C=O) groups is 2. The third kappa shape index (κ3) is 4.24. The number of Topliss-reactive ketones (excluding diaryl/α,β-unsaturated/α-hetero) is 1. The summed E-state index contributed by atoms with van der Waals surface area (Å²) in [5.74, 6) is -1.30. The Labute approximate surface area is 150 Å². The Kier molecular flexibility index (Phi) is 5.71. The molecule has 0 amide bonds. The van der Waals surface area contributed by atoms with Gasteiger partial charge in [0.1, 0.15) is 10.7 Å². The lowest BCUT2D eigenvalue weighted by molar-refractivity contribution is -0.402. The van der Waals surface area contributed by atoms with E-state index in [2.05, 4.69) is 0 Å². The zero-order valence-corrected chi connectivity index (χ0v) is 15.0. The molecule has 1 aromatic carbocycles. The third-order valence-corrected chi connectivity index (χ3v) is 4.16. The fourth-order valence-electron chi connectivity index (χ4n) is 2.65. The van der Waals surface area contributed by atoms with E-state index in [1.165, 1.54) is 18.2 Å². The highest BCUT2D eigenvalue weighted by molar-refractivity contribution is 6.01. The number of aryl methyl sites for hydroxylation is 2. The Balaban J connectivity index is 2.01. The normalized spacial score (nSPS) is 10.9. The molecule has 0 spiro atoms. The van der Waals surface area contributed by atoms with Crippen LogP contribution in [0.4, 0.5) is 5.88 Å². The molecule has 2 rings (SSSR count). The van der Waals surface area contributed by atoms with Crippen LogP contribution in [0.3, 0.4) is 0 Å². The van der Waals surface area contributed by atoms with E-state index >= 15 is 0 Å². The fourth-order valence-corrected chi connectivity index (χ4v) is 2.65. The summed E-state index contributed by atoms with van der Waals surface area (Å²) < 4.78 is 9.85. The maximum Gasteiger partial charge on any atom is 0.433 e. The van der Waals surface area contributed by atoms with Crippen molar-refractivity contribution >= 4 is 23.7 Å². The van der Waals surface area contributed by atoms with E-state index in [-0.39, 0.29) is 18.2 Å². The third-order valence-electron chi connectivity index (χ3n) is 4.16. The van der Waals surface area contributed by atoms with Gasteiger partial charge in [-0.1, -0.05) is 6.07 Å². The van der Waals surface area contributed by atoms with E-state index in [1.54, 1.807) is 0 Å². The van der Waals surface area contributed by atoms with E-state index in [9.17, 15) is 19.7 Å². The Morgan fingerprint density at radius 2 is 1.85 bits per heavy atom. The van der Waals surface area contributed by atoms with Crippen molar-refractivity contribution in [3.05, 3.63) is 68.0 Å². The number of rotatable bonds is 6. The van der Waals surface area contributed by atoms with Gasteiger partial charge in [-0.2, -0.15) is 0 Å². The Morgan fingerprint density at radius 1 is 1.15 bits per heavy atom. The van der Waals surface area contributed by atoms with Crippen LogP contribution in [0.5, 0.6) is 0 Å². The highest BCUT2D eigenvalue weighted by atomic mass is 16.6. The molecule has 0 aliphatic rings. The summed E-state index contributed by atoms with van der Waals surface area (Å²) in [4.78, 5) is 34.0. The monoisotopic (exact) mass is 357 g/mol. The van der Waals surface area contributed by atoms with Crippen LogP contribution in [0.15, 0.2) is 28.7 Å². The number of nitrogens with zero attached hydrogens (tertiary/aromatic N) is 1. The molecule has 7 heteroatoms. The molecule has 26 heavy (non-hydrogen) atoms. The Hall–Kier alpha value is -3.22. The molecular weight excluding hydrogens is 338 g/mol. The number of hydrogen-bond acceptors (Lipinski definition) is 6. The fraction of sp³-hybridized carbons (Fsp3) is 0.263. The minimum Gasteiger partial charge on any atom is -0.454 e. The van der Waals surface area contributed by atoms with E-state index in [4.69, 9.17) is 9.15 Å². The Morgan fingerprint density at radius 3 is 2.46 bits per heavy atom. The van der Waals surface area contributed by atoms with Gasteiger partial charge in [0.15, 0.2) is 6.61 Å². The van der Waals surface area contributed by atoms with Crippen molar-refractivity contribution in [3.63, 3.8) is 0 Å². The van der Waals surface area contributed by atoms with Crippen molar-refractivity contribution < 1.29 is 23.7 Å². The number of esters is 1. The molecule has 0 atom stereocenters. The zero-order chi connectivity index (χ0) is 19.4. The molecule has 2 aromatic rings. The summed E-state index contributed by atoms with van der Waals surface area (Å²) >= 11 is 0. The zero-order valence-electron chi connectivity index (χ0n) is 15.0. The van der Waals surface area contributed by atoms with Gasteiger partial charge in [-0.3, -0.25) is 14.9 Å². The minimum atomic E-state index is -0.739. The molecular formula is C19H19NO6. The molecule has 7 nitrogen and oxygen atoms in total. The number of benzene rings is 1. The smallest absolute Gasteiger partial charge is 0.433 e. The van der Waals surface area contributed by atoms with Crippen molar-refractivity contribution in [2.45, 2.75) is 27.7 Å². The van der Waals surface area contributed by atoms with E-state index in [1.807, 2.05) is 33.8 Å². The maximum absolute atomic E-state index is 12.4. The van der Waals surface area contributed by atoms with Crippen LogP contribution in [0.2, 0.25) is 0 Å². The predicted octanol–water partition coefficient (Wildman–Crippen LogP) is 3.86. The van der Waals surface area contributed by atoms with Crippen molar-refractivity contribution in [2.24, 2.45) is 0 Å². The summed E-state index contributed by atoms with van der Waals surface area (Å²) in [6.45, 7) is 7.25. The molecule has 0 saturated heterocycles. The summed E-state index contributed by atoms with van der Waals surface area (Å²) in [5.41, 5.74) is 4.41. The summed E-state index contributed by atoms with van der Waals surface area (Å²) in [5, 5.41) is 10.5. The SMILES string of the molecule is Cc1cc(C)c(C(=O)COC(=O)/C=C/c2ccc([N+](=O)[O-])o2)c(C)c1C. The second-order valence-corrected chi connectivity index (χ2v) is 5.93.